The average molecular weight is 496 g/mol. The molecule has 0 spiro atoms. The normalized spacial score (nSPS) is 14.3. The van der Waals surface area contributed by atoms with Crippen LogP contribution in [-0.4, -0.2) is 35.2 Å². The van der Waals surface area contributed by atoms with Gasteiger partial charge in [0.1, 0.15) is 5.00 Å². The summed E-state index contributed by atoms with van der Waals surface area (Å²) in [5, 5.41) is 3.24. The number of amides is 1. The SMILES string of the molecule is CCOC(=O)c1c(NC(=O)C(C)Sc2cccc(N)c2)sc2c1CCN(Cc1ccccc1)C2. The van der Waals surface area contributed by atoms with E-state index in [1.807, 2.05) is 49.4 Å². The highest BCUT2D eigenvalue weighted by Gasteiger charge is 2.30. The standard InChI is InChI=1S/C26H29N3O3S2/c1-3-32-26(31)23-21-12-13-29(15-18-8-5-4-6-9-18)16-22(21)34-25(23)28-24(30)17(2)33-20-11-7-10-19(27)14-20/h4-11,14,17H,3,12-13,15-16,27H2,1-2H3,(H,28,30). The number of thioether (sulfide) groups is 1. The lowest BCUT2D eigenvalue weighted by molar-refractivity contribution is -0.115. The molecular weight excluding hydrogens is 466 g/mol. The molecule has 1 unspecified atom stereocenters. The molecule has 0 fully saturated rings. The van der Waals surface area contributed by atoms with Crippen LogP contribution in [0.2, 0.25) is 0 Å². The largest absolute Gasteiger partial charge is 0.462 e. The van der Waals surface area contributed by atoms with E-state index in [0.717, 1.165) is 41.4 Å². The predicted molar refractivity (Wildman–Crippen MR) is 139 cm³/mol. The van der Waals surface area contributed by atoms with Crippen molar-refractivity contribution in [3.63, 3.8) is 0 Å². The highest BCUT2D eigenvalue weighted by molar-refractivity contribution is 8.00. The fraction of sp³-hybridized carbons (Fsp3) is 0.308. The van der Waals surface area contributed by atoms with Gasteiger partial charge in [-0.15, -0.1) is 23.1 Å². The van der Waals surface area contributed by atoms with Crippen LogP contribution in [0, 0.1) is 0 Å². The zero-order valence-electron chi connectivity index (χ0n) is 19.4. The number of thiophene rings is 1. The van der Waals surface area contributed by atoms with Crippen molar-refractivity contribution in [2.45, 2.75) is 43.5 Å². The van der Waals surface area contributed by atoms with Crippen molar-refractivity contribution >= 4 is 45.7 Å². The predicted octanol–water partition coefficient (Wildman–Crippen LogP) is 5.18. The molecule has 1 amide bonds. The Morgan fingerprint density at radius 1 is 1.21 bits per heavy atom. The van der Waals surface area contributed by atoms with Crippen LogP contribution >= 0.6 is 23.1 Å². The summed E-state index contributed by atoms with van der Waals surface area (Å²) in [6.07, 6.45) is 0.746. The number of nitrogens with zero attached hydrogens (tertiary/aromatic N) is 1. The maximum atomic E-state index is 13.0. The van der Waals surface area contributed by atoms with Gasteiger partial charge in [-0.2, -0.15) is 0 Å². The highest BCUT2D eigenvalue weighted by atomic mass is 32.2. The summed E-state index contributed by atoms with van der Waals surface area (Å²) in [7, 11) is 0. The van der Waals surface area contributed by atoms with Gasteiger partial charge in [0.15, 0.2) is 0 Å². The van der Waals surface area contributed by atoms with Crippen LogP contribution < -0.4 is 11.1 Å². The smallest absolute Gasteiger partial charge is 0.341 e. The van der Waals surface area contributed by atoms with Crippen molar-refractivity contribution in [2.75, 3.05) is 24.2 Å². The third kappa shape index (κ3) is 5.81. The maximum absolute atomic E-state index is 13.0. The number of esters is 1. The van der Waals surface area contributed by atoms with Crippen molar-refractivity contribution in [1.82, 2.24) is 4.90 Å². The Labute approximate surface area is 208 Å². The van der Waals surface area contributed by atoms with Gasteiger partial charge < -0.3 is 15.8 Å². The van der Waals surface area contributed by atoms with E-state index in [0.29, 0.717) is 22.9 Å². The van der Waals surface area contributed by atoms with Gasteiger partial charge in [-0.1, -0.05) is 36.4 Å². The number of hydrogen-bond donors (Lipinski definition) is 2. The minimum Gasteiger partial charge on any atom is -0.462 e. The summed E-state index contributed by atoms with van der Waals surface area (Å²) in [5.74, 6) is -0.527. The summed E-state index contributed by atoms with van der Waals surface area (Å²) in [6.45, 7) is 6.37. The van der Waals surface area contributed by atoms with E-state index in [2.05, 4.69) is 22.3 Å². The Bertz CT molecular complexity index is 1160. The molecule has 2 aromatic carbocycles. The Morgan fingerprint density at radius 3 is 2.74 bits per heavy atom. The number of nitrogens with one attached hydrogen (secondary N) is 1. The van der Waals surface area contributed by atoms with Crippen molar-refractivity contribution in [3.05, 3.63) is 76.2 Å². The Balaban J connectivity index is 1.52. The first-order chi connectivity index (χ1) is 16.4. The van der Waals surface area contributed by atoms with Gasteiger partial charge in [0, 0.05) is 35.1 Å². The Morgan fingerprint density at radius 2 is 2.00 bits per heavy atom. The molecule has 1 aliphatic heterocycles. The van der Waals surface area contributed by atoms with E-state index in [-0.39, 0.29) is 17.1 Å². The fourth-order valence-corrected chi connectivity index (χ4v) is 6.22. The van der Waals surface area contributed by atoms with Crippen LogP contribution in [0.15, 0.2) is 59.5 Å². The molecule has 0 radical (unpaired) electrons. The van der Waals surface area contributed by atoms with Crippen molar-refractivity contribution < 1.29 is 14.3 Å². The third-order valence-electron chi connectivity index (χ3n) is 5.64. The van der Waals surface area contributed by atoms with Crippen LogP contribution in [-0.2, 0) is 29.0 Å². The van der Waals surface area contributed by atoms with Crippen LogP contribution in [0.3, 0.4) is 0 Å². The molecule has 0 saturated carbocycles. The Hall–Kier alpha value is -2.81. The second-order valence-electron chi connectivity index (χ2n) is 8.20. The van der Waals surface area contributed by atoms with Crippen LogP contribution in [0.25, 0.3) is 0 Å². The van der Waals surface area contributed by atoms with Crippen molar-refractivity contribution in [1.29, 1.82) is 0 Å². The lowest BCUT2D eigenvalue weighted by atomic mass is 10.0. The minimum absolute atomic E-state index is 0.155. The van der Waals surface area contributed by atoms with Crippen molar-refractivity contribution in [2.24, 2.45) is 0 Å². The average Bonchev–Trinajstić information content (AvgIpc) is 3.17. The lowest BCUT2D eigenvalue weighted by Gasteiger charge is -2.27. The van der Waals surface area contributed by atoms with Crippen LogP contribution in [0.4, 0.5) is 10.7 Å². The molecule has 34 heavy (non-hydrogen) atoms. The molecule has 2 heterocycles. The molecule has 0 aliphatic carbocycles. The monoisotopic (exact) mass is 495 g/mol. The number of hydrogen-bond acceptors (Lipinski definition) is 7. The van der Waals surface area contributed by atoms with E-state index in [4.69, 9.17) is 10.5 Å². The minimum atomic E-state index is -0.372. The van der Waals surface area contributed by atoms with E-state index >= 15 is 0 Å². The molecular formula is C26H29N3O3S2. The summed E-state index contributed by atoms with van der Waals surface area (Å²) < 4.78 is 5.35. The molecule has 178 valence electrons. The second-order valence-corrected chi connectivity index (χ2v) is 10.7. The van der Waals surface area contributed by atoms with Gasteiger partial charge in [-0.25, -0.2) is 4.79 Å². The van der Waals surface area contributed by atoms with E-state index < -0.39 is 0 Å². The number of fused-ring (bicyclic) bond motifs is 1. The van der Waals surface area contributed by atoms with Gasteiger partial charge in [-0.05, 0) is 49.6 Å². The highest BCUT2D eigenvalue weighted by Crippen LogP contribution is 2.38. The summed E-state index contributed by atoms with van der Waals surface area (Å²) in [6, 6.07) is 17.8. The molecule has 3 N–H and O–H groups in total. The molecule has 1 aromatic heterocycles. The molecule has 0 bridgehead atoms. The first-order valence-corrected chi connectivity index (χ1v) is 13.0. The summed E-state index contributed by atoms with van der Waals surface area (Å²) in [5.41, 5.74) is 9.29. The second kappa shape index (κ2) is 11.1. The van der Waals surface area contributed by atoms with E-state index in [9.17, 15) is 9.59 Å². The molecule has 4 rings (SSSR count). The van der Waals surface area contributed by atoms with Crippen LogP contribution in [0.1, 0.15) is 40.2 Å². The van der Waals surface area contributed by atoms with Crippen molar-refractivity contribution in [3.8, 4) is 0 Å². The number of rotatable bonds is 8. The molecule has 1 atom stereocenters. The number of nitrogen functional groups attached to an aromatic ring is 1. The van der Waals surface area contributed by atoms with Gasteiger partial charge in [-0.3, -0.25) is 9.69 Å². The molecule has 3 aromatic rings. The quantitative estimate of drug-likeness (QED) is 0.254. The number of ether oxygens (including phenoxy) is 1. The zero-order valence-corrected chi connectivity index (χ0v) is 21.0. The van der Waals surface area contributed by atoms with E-state index in [1.54, 1.807) is 6.92 Å². The van der Waals surface area contributed by atoms with Crippen LogP contribution in [0.5, 0.6) is 0 Å². The Kier molecular flexibility index (Phi) is 7.92. The van der Waals surface area contributed by atoms with E-state index in [1.165, 1.54) is 28.7 Å². The topological polar surface area (TPSA) is 84.7 Å². The summed E-state index contributed by atoms with van der Waals surface area (Å²) >= 11 is 2.92. The van der Waals surface area contributed by atoms with Gasteiger partial charge >= 0.3 is 5.97 Å². The molecule has 8 heteroatoms. The number of carbonyl (C=O) groups excluding carboxylic acids is 2. The maximum Gasteiger partial charge on any atom is 0.341 e. The number of nitrogens with two attached hydrogens (primary N) is 1. The fourth-order valence-electron chi connectivity index (χ4n) is 4.00. The molecule has 1 aliphatic rings. The number of carbonyl (C=O) groups is 2. The zero-order chi connectivity index (χ0) is 24.1. The first-order valence-electron chi connectivity index (χ1n) is 11.4. The first kappa shape index (κ1) is 24.3. The van der Waals surface area contributed by atoms with Gasteiger partial charge in [0.2, 0.25) is 5.91 Å². The number of benzene rings is 2. The molecule has 6 nitrogen and oxygen atoms in total. The van der Waals surface area contributed by atoms with Gasteiger partial charge in [0.05, 0.1) is 17.4 Å². The van der Waals surface area contributed by atoms with Gasteiger partial charge in [0.25, 0.3) is 0 Å². The lowest BCUT2D eigenvalue weighted by Crippen LogP contribution is -2.30. The summed E-state index contributed by atoms with van der Waals surface area (Å²) in [4.78, 5) is 30.3. The third-order valence-corrected chi connectivity index (χ3v) is 7.87. The molecule has 0 saturated heterocycles. The number of anilines is 2.